The van der Waals surface area contributed by atoms with Gasteiger partial charge < -0.3 is 0 Å². The van der Waals surface area contributed by atoms with Crippen molar-refractivity contribution in [1.29, 1.82) is 0 Å². The summed E-state index contributed by atoms with van der Waals surface area (Å²) >= 11 is 12.0. The van der Waals surface area contributed by atoms with Crippen molar-refractivity contribution in [2.45, 2.75) is 26.7 Å². The lowest BCUT2D eigenvalue weighted by atomic mass is 10.1. The maximum Gasteiger partial charge on any atom is 0.134 e. The van der Waals surface area contributed by atoms with Crippen LogP contribution in [-0.2, 0) is 12.8 Å². The Hall–Kier alpha value is -1.12. The highest BCUT2D eigenvalue weighted by atomic mass is 35.5. The molecule has 0 bridgehead atoms. The highest BCUT2D eigenvalue weighted by Gasteiger charge is 2.06. The molecule has 0 spiro atoms. The topological polar surface area (TPSA) is 25.8 Å². The molecule has 1 aromatic heterocycles. The lowest BCUT2D eigenvalue weighted by Gasteiger charge is -2.07. The molecule has 0 atom stereocenters. The van der Waals surface area contributed by atoms with Crippen LogP contribution in [0, 0.1) is 5.92 Å². The first-order valence-corrected chi connectivity index (χ1v) is 7.05. The Morgan fingerprint density at radius 3 is 2.58 bits per heavy atom. The highest BCUT2D eigenvalue weighted by molar-refractivity contribution is 6.30. The van der Waals surface area contributed by atoms with Crippen molar-refractivity contribution in [2.24, 2.45) is 5.92 Å². The number of aromatic nitrogens is 2. The molecule has 0 radical (unpaired) electrons. The fourth-order valence-electron chi connectivity index (χ4n) is 1.95. The van der Waals surface area contributed by atoms with Gasteiger partial charge in [-0.15, -0.1) is 0 Å². The van der Waals surface area contributed by atoms with Crippen molar-refractivity contribution in [2.75, 3.05) is 0 Å². The van der Waals surface area contributed by atoms with Gasteiger partial charge in [0.05, 0.1) is 0 Å². The minimum atomic E-state index is 0.502. The largest absolute Gasteiger partial charge is 0.237 e. The van der Waals surface area contributed by atoms with Crippen LogP contribution in [0.15, 0.2) is 30.3 Å². The molecule has 0 saturated carbocycles. The van der Waals surface area contributed by atoms with Crippen LogP contribution < -0.4 is 0 Å². The van der Waals surface area contributed by atoms with E-state index in [0.29, 0.717) is 17.5 Å². The van der Waals surface area contributed by atoms with Crippen LogP contribution in [0.4, 0.5) is 0 Å². The zero-order valence-corrected chi connectivity index (χ0v) is 12.5. The van der Waals surface area contributed by atoms with Crippen molar-refractivity contribution >= 4 is 23.2 Å². The Labute approximate surface area is 123 Å². The Kier molecular flexibility index (Phi) is 4.78. The molecule has 0 aliphatic heterocycles. The third-order valence-electron chi connectivity index (χ3n) is 2.66. The van der Waals surface area contributed by atoms with Gasteiger partial charge in [0.25, 0.3) is 0 Å². The van der Waals surface area contributed by atoms with E-state index >= 15 is 0 Å². The van der Waals surface area contributed by atoms with Crippen molar-refractivity contribution < 1.29 is 0 Å². The molecule has 0 aliphatic carbocycles. The molecule has 0 N–H and O–H groups in total. The predicted octanol–water partition coefficient (Wildman–Crippen LogP) is 4.57. The normalized spacial score (nSPS) is 11.0. The van der Waals surface area contributed by atoms with Crippen LogP contribution in [0.3, 0.4) is 0 Å². The van der Waals surface area contributed by atoms with E-state index in [2.05, 4.69) is 23.8 Å². The van der Waals surface area contributed by atoms with E-state index in [-0.39, 0.29) is 0 Å². The van der Waals surface area contributed by atoms with Gasteiger partial charge in [-0.05, 0) is 36.1 Å². The maximum atomic E-state index is 6.05. The third kappa shape index (κ3) is 4.48. The van der Waals surface area contributed by atoms with Crippen molar-refractivity contribution in [1.82, 2.24) is 9.97 Å². The van der Waals surface area contributed by atoms with Gasteiger partial charge in [-0.3, -0.25) is 0 Å². The molecule has 2 nitrogen and oxygen atoms in total. The molecule has 0 aliphatic rings. The minimum absolute atomic E-state index is 0.502. The molecule has 2 rings (SSSR count). The first-order valence-electron chi connectivity index (χ1n) is 6.29. The van der Waals surface area contributed by atoms with Crippen LogP contribution >= 0.6 is 23.2 Å². The second-order valence-electron chi connectivity index (χ2n) is 5.00. The van der Waals surface area contributed by atoms with Crippen molar-refractivity contribution in [3.8, 4) is 0 Å². The molecule has 0 amide bonds. The van der Waals surface area contributed by atoms with Gasteiger partial charge in [-0.1, -0.05) is 49.2 Å². The molecule has 1 aromatic carbocycles. The molecular weight excluding hydrogens is 279 g/mol. The van der Waals surface area contributed by atoms with E-state index < -0.39 is 0 Å². The fourth-order valence-corrected chi connectivity index (χ4v) is 2.38. The summed E-state index contributed by atoms with van der Waals surface area (Å²) in [5, 5.41) is 1.23. The standard InChI is InChI=1S/C15H16Cl2N2/c1-10(2)6-13-9-14(17)19-15(18-13)8-11-4-3-5-12(16)7-11/h3-5,7,9-10H,6,8H2,1-2H3. The van der Waals surface area contributed by atoms with Gasteiger partial charge in [0.15, 0.2) is 0 Å². The zero-order valence-electron chi connectivity index (χ0n) is 11.0. The van der Waals surface area contributed by atoms with Crippen LogP contribution in [0.2, 0.25) is 10.2 Å². The second-order valence-corrected chi connectivity index (χ2v) is 5.83. The average molecular weight is 295 g/mol. The molecule has 19 heavy (non-hydrogen) atoms. The number of nitrogens with zero attached hydrogens (tertiary/aromatic N) is 2. The summed E-state index contributed by atoms with van der Waals surface area (Å²) in [5.74, 6) is 1.29. The van der Waals surface area contributed by atoms with Crippen LogP contribution in [0.5, 0.6) is 0 Å². The predicted molar refractivity (Wildman–Crippen MR) is 79.8 cm³/mol. The molecule has 1 heterocycles. The number of hydrogen-bond donors (Lipinski definition) is 0. The molecule has 0 fully saturated rings. The van der Waals surface area contributed by atoms with Crippen molar-refractivity contribution in [3.63, 3.8) is 0 Å². The molecule has 0 unspecified atom stereocenters. The maximum absolute atomic E-state index is 6.05. The van der Waals surface area contributed by atoms with Gasteiger partial charge in [-0.2, -0.15) is 0 Å². The summed E-state index contributed by atoms with van der Waals surface area (Å²) in [6, 6.07) is 9.56. The lowest BCUT2D eigenvalue weighted by Crippen LogP contribution is -2.04. The zero-order chi connectivity index (χ0) is 13.8. The Morgan fingerprint density at radius 2 is 1.89 bits per heavy atom. The van der Waals surface area contributed by atoms with E-state index in [1.807, 2.05) is 30.3 Å². The molecule has 4 heteroatoms. The fraction of sp³-hybridized carbons (Fsp3) is 0.333. The number of hydrogen-bond acceptors (Lipinski definition) is 2. The number of halogens is 2. The van der Waals surface area contributed by atoms with Gasteiger partial charge in [0, 0.05) is 17.1 Å². The number of rotatable bonds is 4. The monoisotopic (exact) mass is 294 g/mol. The molecule has 100 valence electrons. The van der Waals surface area contributed by atoms with Gasteiger partial charge in [-0.25, -0.2) is 9.97 Å². The Bertz CT molecular complexity index is 568. The lowest BCUT2D eigenvalue weighted by molar-refractivity contribution is 0.631. The van der Waals surface area contributed by atoms with E-state index in [1.165, 1.54) is 0 Å². The van der Waals surface area contributed by atoms with Crippen molar-refractivity contribution in [3.05, 3.63) is 57.6 Å². The summed E-state index contributed by atoms with van der Waals surface area (Å²) in [7, 11) is 0. The summed E-state index contributed by atoms with van der Waals surface area (Å²) in [6.07, 6.45) is 1.55. The van der Waals surface area contributed by atoms with Gasteiger partial charge in [0.1, 0.15) is 11.0 Å². The van der Waals surface area contributed by atoms with Crippen LogP contribution in [0.1, 0.15) is 30.9 Å². The minimum Gasteiger partial charge on any atom is -0.237 e. The highest BCUT2D eigenvalue weighted by Crippen LogP contribution is 2.16. The van der Waals surface area contributed by atoms with Gasteiger partial charge >= 0.3 is 0 Å². The molecule has 2 aromatic rings. The quantitative estimate of drug-likeness (QED) is 0.772. The number of benzene rings is 1. The first kappa shape index (κ1) is 14.3. The smallest absolute Gasteiger partial charge is 0.134 e. The van der Waals surface area contributed by atoms with Crippen LogP contribution in [-0.4, -0.2) is 9.97 Å². The second kappa shape index (κ2) is 6.36. The third-order valence-corrected chi connectivity index (χ3v) is 3.09. The van der Waals surface area contributed by atoms with E-state index in [9.17, 15) is 0 Å². The summed E-state index contributed by atoms with van der Waals surface area (Å²) in [6.45, 7) is 4.32. The van der Waals surface area contributed by atoms with Crippen LogP contribution in [0.25, 0.3) is 0 Å². The molecule has 0 saturated heterocycles. The van der Waals surface area contributed by atoms with E-state index in [4.69, 9.17) is 23.2 Å². The Morgan fingerprint density at radius 1 is 1.11 bits per heavy atom. The first-order chi connectivity index (χ1) is 9.02. The molecular formula is C15H16Cl2N2. The summed E-state index contributed by atoms with van der Waals surface area (Å²) < 4.78 is 0. The average Bonchev–Trinajstić information content (AvgIpc) is 2.26. The van der Waals surface area contributed by atoms with E-state index in [0.717, 1.165) is 28.5 Å². The van der Waals surface area contributed by atoms with Gasteiger partial charge in [0.2, 0.25) is 0 Å². The van der Waals surface area contributed by atoms with E-state index in [1.54, 1.807) is 0 Å². The summed E-state index contributed by atoms with van der Waals surface area (Å²) in [5.41, 5.74) is 2.08. The Balaban J connectivity index is 2.22. The summed E-state index contributed by atoms with van der Waals surface area (Å²) in [4.78, 5) is 8.84. The SMILES string of the molecule is CC(C)Cc1cc(Cl)nc(Cc2cccc(Cl)c2)n1.